The van der Waals surface area contributed by atoms with Crippen molar-refractivity contribution < 1.29 is 13.2 Å². The molecule has 2 rings (SSSR count). The van der Waals surface area contributed by atoms with Gasteiger partial charge < -0.3 is 5.32 Å². The molecule has 1 aliphatic rings. The van der Waals surface area contributed by atoms with Gasteiger partial charge >= 0.3 is 0 Å². The van der Waals surface area contributed by atoms with Gasteiger partial charge in [-0.1, -0.05) is 6.92 Å². The summed E-state index contributed by atoms with van der Waals surface area (Å²) in [5.74, 6) is 0.0860. The average molecular weight is 292 g/mol. The van der Waals surface area contributed by atoms with Gasteiger partial charge in [-0.05, 0) is 25.7 Å². The highest BCUT2D eigenvalue weighted by atomic mass is 35.7. The zero-order valence-electron chi connectivity index (χ0n) is 10.0. The van der Waals surface area contributed by atoms with E-state index in [-0.39, 0.29) is 22.3 Å². The van der Waals surface area contributed by atoms with Gasteiger partial charge in [-0.2, -0.15) is 5.10 Å². The second-order valence-corrected chi connectivity index (χ2v) is 7.21. The third-order valence-corrected chi connectivity index (χ3v) is 4.51. The molecule has 100 valence electrons. The molecular formula is C10H14ClN3O3S. The molecule has 1 heterocycles. The monoisotopic (exact) mass is 291 g/mol. The summed E-state index contributed by atoms with van der Waals surface area (Å²) in [6.07, 6.45) is 1.80. The van der Waals surface area contributed by atoms with E-state index < -0.39 is 15.0 Å². The Morgan fingerprint density at radius 3 is 2.61 bits per heavy atom. The van der Waals surface area contributed by atoms with Crippen LogP contribution in [-0.2, 0) is 9.05 Å². The number of halogens is 1. The van der Waals surface area contributed by atoms with Crippen molar-refractivity contribution in [3.8, 4) is 0 Å². The van der Waals surface area contributed by atoms with Crippen LogP contribution in [0.15, 0.2) is 4.90 Å². The summed E-state index contributed by atoms with van der Waals surface area (Å²) in [7, 11) is 1.31. The Morgan fingerprint density at radius 2 is 2.11 bits per heavy atom. The number of carbonyl (C=O) groups excluding carboxylic acids is 1. The number of aromatic amines is 1. The van der Waals surface area contributed by atoms with E-state index in [0.717, 1.165) is 12.8 Å². The lowest BCUT2D eigenvalue weighted by Gasteiger charge is -2.32. The van der Waals surface area contributed by atoms with Crippen molar-refractivity contribution in [1.29, 1.82) is 0 Å². The molecule has 8 heteroatoms. The summed E-state index contributed by atoms with van der Waals surface area (Å²) in [6, 6.07) is 0.0929. The summed E-state index contributed by atoms with van der Waals surface area (Å²) in [5, 5.41) is 8.92. The average Bonchev–Trinajstić information content (AvgIpc) is 2.57. The number of amides is 1. The largest absolute Gasteiger partial charge is 0.348 e. The molecule has 6 nitrogen and oxygen atoms in total. The topological polar surface area (TPSA) is 91.9 Å². The van der Waals surface area contributed by atoms with Gasteiger partial charge in [0.1, 0.15) is 4.90 Å². The fourth-order valence-corrected chi connectivity index (χ4v) is 3.49. The zero-order valence-corrected chi connectivity index (χ0v) is 11.6. The number of nitrogens with one attached hydrogen (secondary N) is 2. The Hall–Kier alpha value is -1.08. The van der Waals surface area contributed by atoms with Gasteiger partial charge in [0.25, 0.3) is 15.0 Å². The van der Waals surface area contributed by atoms with Crippen LogP contribution >= 0.6 is 10.7 Å². The van der Waals surface area contributed by atoms with Crippen LogP contribution in [0.1, 0.15) is 35.9 Å². The minimum absolute atomic E-state index is 0.0929. The summed E-state index contributed by atoms with van der Waals surface area (Å²) in [6.45, 7) is 3.60. The summed E-state index contributed by atoms with van der Waals surface area (Å²) >= 11 is 0. The number of rotatable bonds is 3. The van der Waals surface area contributed by atoms with Gasteiger partial charge in [-0.3, -0.25) is 9.89 Å². The molecule has 1 fully saturated rings. The first kappa shape index (κ1) is 13.4. The highest BCUT2D eigenvalue weighted by molar-refractivity contribution is 8.13. The molecule has 0 radical (unpaired) electrons. The first-order valence-electron chi connectivity index (χ1n) is 5.59. The van der Waals surface area contributed by atoms with Crippen molar-refractivity contribution in [2.45, 2.75) is 37.6 Å². The Morgan fingerprint density at radius 1 is 1.50 bits per heavy atom. The number of hydrogen-bond acceptors (Lipinski definition) is 4. The lowest BCUT2D eigenvalue weighted by Crippen LogP contribution is -2.43. The molecule has 0 unspecified atom stereocenters. The number of aryl methyl sites for hydroxylation is 1. The molecule has 0 aliphatic heterocycles. The molecule has 1 aromatic heterocycles. The first-order chi connectivity index (χ1) is 8.29. The van der Waals surface area contributed by atoms with E-state index in [2.05, 4.69) is 22.4 Å². The molecule has 1 aliphatic carbocycles. The summed E-state index contributed by atoms with van der Waals surface area (Å²) in [5.41, 5.74) is 0.0965. The highest BCUT2D eigenvalue weighted by Gasteiger charge is 2.31. The minimum atomic E-state index is -3.98. The van der Waals surface area contributed by atoms with Crippen LogP contribution in [0, 0.1) is 12.8 Å². The zero-order chi connectivity index (χ0) is 13.5. The van der Waals surface area contributed by atoms with E-state index in [1.807, 2.05) is 0 Å². The van der Waals surface area contributed by atoms with Gasteiger partial charge in [0.05, 0.1) is 5.69 Å². The predicted molar refractivity (Wildman–Crippen MR) is 66.0 cm³/mol. The van der Waals surface area contributed by atoms with Crippen molar-refractivity contribution in [1.82, 2.24) is 15.5 Å². The summed E-state index contributed by atoms with van der Waals surface area (Å²) in [4.78, 5) is 11.7. The standard InChI is InChI=1S/C10H14ClN3O3S/c1-5-3-7(4-5)12-10(15)8-9(18(11,16)17)6(2)13-14-8/h5,7H,3-4H2,1-2H3,(H,12,15)(H,13,14). The fraction of sp³-hybridized carbons (Fsp3) is 0.600. The van der Waals surface area contributed by atoms with Crippen molar-refractivity contribution in [3.63, 3.8) is 0 Å². The maximum absolute atomic E-state index is 11.9. The molecule has 0 saturated heterocycles. The van der Waals surface area contributed by atoms with Gasteiger partial charge in [0.2, 0.25) is 0 Å². The van der Waals surface area contributed by atoms with Gasteiger partial charge in [-0.15, -0.1) is 0 Å². The Balaban J connectivity index is 2.21. The van der Waals surface area contributed by atoms with E-state index in [9.17, 15) is 13.2 Å². The molecule has 1 aromatic rings. The fourth-order valence-electron chi connectivity index (χ4n) is 2.15. The number of H-pyrrole nitrogens is 1. The maximum Gasteiger partial charge on any atom is 0.273 e. The molecular weight excluding hydrogens is 278 g/mol. The molecule has 1 saturated carbocycles. The number of nitrogens with zero attached hydrogens (tertiary/aromatic N) is 1. The highest BCUT2D eigenvalue weighted by Crippen LogP contribution is 2.27. The van der Waals surface area contributed by atoms with Crippen molar-refractivity contribution >= 4 is 25.6 Å². The normalized spacial score (nSPS) is 23.5. The number of hydrogen-bond donors (Lipinski definition) is 2. The first-order valence-corrected chi connectivity index (χ1v) is 7.90. The van der Waals surface area contributed by atoms with Gasteiger partial charge in [0.15, 0.2) is 5.69 Å². The third-order valence-electron chi connectivity index (χ3n) is 3.06. The van der Waals surface area contributed by atoms with Crippen LogP contribution in [0.5, 0.6) is 0 Å². The van der Waals surface area contributed by atoms with Gasteiger partial charge in [-0.25, -0.2) is 8.42 Å². The van der Waals surface area contributed by atoms with Crippen molar-refractivity contribution in [3.05, 3.63) is 11.4 Å². The summed E-state index contributed by atoms with van der Waals surface area (Å²) < 4.78 is 22.8. The minimum Gasteiger partial charge on any atom is -0.348 e. The van der Waals surface area contributed by atoms with Gasteiger partial charge in [0, 0.05) is 16.7 Å². The van der Waals surface area contributed by atoms with E-state index in [0.29, 0.717) is 5.92 Å². The molecule has 0 atom stereocenters. The lowest BCUT2D eigenvalue weighted by atomic mass is 9.82. The Kier molecular flexibility index (Phi) is 3.37. The van der Waals surface area contributed by atoms with E-state index in [1.54, 1.807) is 0 Å². The Labute approximate surface area is 110 Å². The van der Waals surface area contributed by atoms with Crippen LogP contribution in [0.25, 0.3) is 0 Å². The number of aromatic nitrogens is 2. The second kappa shape index (κ2) is 4.55. The predicted octanol–water partition coefficient (Wildman–Crippen LogP) is 1.17. The van der Waals surface area contributed by atoms with Crippen LogP contribution in [0.4, 0.5) is 0 Å². The SMILES string of the molecule is Cc1[nH]nc(C(=O)NC2CC(C)C2)c1S(=O)(=O)Cl. The van der Waals surface area contributed by atoms with Crippen LogP contribution in [-0.4, -0.2) is 30.6 Å². The second-order valence-electron chi connectivity index (χ2n) is 4.71. The molecule has 18 heavy (non-hydrogen) atoms. The smallest absolute Gasteiger partial charge is 0.273 e. The van der Waals surface area contributed by atoms with Crippen LogP contribution in [0.3, 0.4) is 0 Å². The molecule has 2 N–H and O–H groups in total. The Bertz CT molecular complexity index is 575. The van der Waals surface area contributed by atoms with E-state index in [4.69, 9.17) is 10.7 Å². The lowest BCUT2D eigenvalue weighted by molar-refractivity contribution is 0.0887. The molecule has 0 aromatic carbocycles. The maximum atomic E-state index is 11.9. The van der Waals surface area contributed by atoms with E-state index >= 15 is 0 Å². The molecule has 0 bridgehead atoms. The third kappa shape index (κ3) is 2.51. The van der Waals surface area contributed by atoms with Crippen LogP contribution < -0.4 is 5.32 Å². The van der Waals surface area contributed by atoms with Crippen LogP contribution in [0.2, 0.25) is 0 Å². The van der Waals surface area contributed by atoms with Crippen molar-refractivity contribution in [2.24, 2.45) is 5.92 Å². The molecule has 0 spiro atoms. The number of carbonyl (C=O) groups is 1. The quantitative estimate of drug-likeness (QED) is 0.818. The van der Waals surface area contributed by atoms with Crippen molar-refractivity contribution in [2.75, 3.05) is 0 Å². The molecule has 1 amide bonds. The van der Waals surface area contributed by atoms with E-state index in [1.165, 1.54) is 6.92 Å².